The first-order valence-corrected chi connectivity index (χ1v) is 13.0. The minimum absolute atomic E-state index is 0.286. The van der Waals surface area contributed by atoms with Crippen LogP contribution in [0.1, 0.15) is 50.8 Å². The molecule has 0 spiro atoms. The summed E-state index contributed by atoms with van der Waals surface area (Å²) in [6, 6.07) is 6.53. The van der Waals surface area contributed by atoms with Gasteiger partial charge in [-0.15, -0.1) is 0 Å². The lowest BCUT2D eigenvalue weighted by Crippen LogP contribution is -2.37. The topological polar surface area (TPSA) is 22.1 Å². The molecule has 0 saturated heterocycles. The number of aromatic nitrogens is 1. The Morgan fingerprint density at radius 3 is 2.21 bits per heavy atom. The molecule has 1 heterocycles. The van der Waals surface area contributed by atoms with Crippen molar-refractivity contribution in [1.82, 2.24) is 4.98 Å². The number of rotatable bonds is 10. The molecule has 154 valence electrons. The van der Waals surface area contributed by atoms with E-state index in [0.29, 0.717) is 34.9 Å². The van der Waals surface area contributed by atoms with E-state index in [1.807, 2.05) is 0 Å². The van der Waals surface area contributed by atoms with Crippen molar-refractivity contribution in [2.24, 2.45) is 0 Å². The molecule has 7 heteroatoms. The molecule has 28 heavy (non-hydrogen) atoms. The van der Waals surface area contributed by atoms with Crippen molar-refractivity contribution >= 4 is 31.5 Å². The minimum atomic E-state index is -1.93. The van der Waals surface area contributed by atoms with Crippen molar-refractivity contribution in [2.45, 2.75) is 64.3 Å². The van der Waals surface area contributed by atoms with Crippen LogP contribution < -0.4 is 0 Å². The fourth-order valence-electron chi connectivity index (χ4n) is 3.51. The second-order valence-electron chi connectivity index (χ2n) is 6.99. The highest BCUT2D eigenvalue weighted by Crippen LogP contribution is 2.39. The Labute approximate surface area is 177 Å². The molecule has 1 aromatic carbocycles. The number of pyridine rings is 1. The predicted octanol–water partition coefficient (Wildman–Crippen LogP) is 7.75. The average Bonchev–Trinajstić information content (AvgIpc) is 2.68. The number of benzene rings is 1. The quantitative estimate of drug-likeness (QED) is 0.348. The summed E-state index contributed by atoms with van der Waals surface area (Å²) in [7, 11) is -1.93. The summed E-state index contributed by atoms with van der Waals surface area (Å²) in [5.41, 5.74) is 1.11. The van der Waals surface area contributed by atoms with Gasteiger partial charge in [0, 0.05) is 18.0 Å². The Morgan fingerprint density at radius 1 is 1.04 bits per heavy atom. The van der Waals surface area contributed by atoms with Gasteiger partial charge in [0.2, 0.25) is 0 Å². The molecule has 0 aliphatic rings. The summed E-state index contributed by atoms with van der Waals surface area (Å²) in [6.45, 7) is 6.48. The molecule has 1 unspecified atom stereocenters. The number of hydrogen-bond acceptors (Lipinski definition) is 2. The van der Waals surface area contributed by atoms with E-state index < -0.39 is 20.0 Å². The molecule has 0 N–H and O–H groups in total. The van der Waals surface area contributed by atoms with Gasteiger partial charge in [-0.05, 0) is 61.2 Å². The third-order valence-electron chi connectivity index (χ3n) is 5.46. The van der Waals surface area contributed by atoms with Crippen LogP contribution in [0, 0.1) is 11.6 Å². The predicted molar refractivity (Wildman–Crippen MR) is 115 cm³/mol. The van der Waals surface area contributed by atoms with Gasteiger partial charge in [0.05, 0.1) is 16.1 Å². The molecule has 0 bridgehead atoms. The second-order valence-corrected chi connectivity index (χ2v) is 12.5. The van der Waals surface area contributed by atoms with E-state index >= 15 is 0 Å². The van der Waals surface area contributed by atoms with E-state index in [0.717, 1.165) is 29.8 Å². The van der Waals surface area contributed by atoms with Gasteiger partial charge in [0.15, 0.2) is 8.32 Å². The molecule has 0 aliphatic carbocycles. The van der Waals surface area contributed by atoms with E-state index in [1.165, 1.54) is 12.1 Å². The SMILES string of the molecule is CC[Si](CC)(CC)OC(CCCc1cc(F)ccc1F)c1c(Cl)cncc1Cl. The number of hydrogen-bond donors (Lipinski definition) is 0. The first-order valence-electron chi connectivity index (χ1n) is 9.76. The Balaban J connectivity index is 2.24. The van der Waals surface area contributed by atoms with Crippen LogP contribution >= 0.6 is 23.2 Å². The molecule has 1 aromatic heterocycles. The van der Waals surface area contributed by atoms with Crippen molar-refractivity contribution in [3.63, 3.8) is 0 Å². The van der Waals surface area contributed by atoms with Gasteiger partial charge in [-0.25, -0.2) is 8.78 Å². The highest BCUT2D eigenvalue weighted by Gasteiger charge is 2.33. The van der Waals surface area contributed by atoms with Crippen LogP contribution in [0.5, 0.6) is 0 Å². The minimum Gasteiger partial charge on any atom is -0.410 e. The van der Waals surface area contributed by atoms with E-state index in [9.17, 15) is 8.78 Å². The lowest BCUT2D eigenvalue weighted by molar-refractivity contribution is 0.176. The third kappa shape index (κ3) is 5.75. The van der Waals surface area contributed by atoms with Crippen LogP contribution in [0.3, 0.4) is 0 Å². The Bertz CT molecular complexity index is 758. The monoisotopic (exact) mass is 445 g/mol. The Kier molecular flexibility index (Phi) is 8.87. The molecule has 0 aliphatic heterocycles. The van der Waals surface area contributed by atoms with Gasteiger partial charge in [-0.1, -0.05) is 44.0 Å². The van der Waals surface area contributed by atoms with E-state index in [1.54, 1.807) is 12.4 Å². The van der Waals surface area contributed by atoms with Crippen molar-refractivity contribution in [3.05, 3.63) is 63.4 Å². The summed E-state index contributed by atoms with van der Waals surface area (Å²) in [6.07, 6.45) is 4.51. The summed E-state index contributed by atoms with van der Waals surface area (Å²) >= 11 is 12.8. The normalized spacial score (nSPS) is 13.0. The molecule has 2 rings (SSSR count). The summed E-state index contributed by atoms with van der Waals surface area (Å²) in [4.78, 5) is 4.03. The Hall–Kier alpha value is -1.01. The number of halogens is 4. The van der Waals surface area contributed by atoms with Crippen molar-refractivity contribution in [2.75, 3.05) is 0 Å². The lowest BCUT2D eigenvalue weighted by Gasteiger charge is -2.34. The second kappa shape index (κ2) is 10.7. The molecule has 0 fully saturated rings. The molecule has 0 saturated carbocycles. The Morgan fingerprint density at radius 2 is 1.64 bits per heavy atom. The summed E-state index contributed by atoms with van der Waals surface area (Å²) in [5, 5.41) is 0.946. The summed E-state index contributed by atoms with van der Waals surface area (Å²) in [5.74, 6) is -0.822. The molecule has 1 atom stereocenters. The van der Waals surface area contributed by atoms with Crippen molar-refractivity contribution < 1.29 is 13.2 Å². The van der Waals surface area contributed by atoms with Crippen molar-refractivity contribution in [3.8, 4) is 0 Å². The van der Waals surface area contributed by atoms with E-state index in [-0.39, 0.29) is 6.10 Å². The van der Waals surface area contributed by atoms with Crippen LogP contribution in [-0.4, -0.2) is 13.3 Å². The van der Waals surface area contributed by atoms with Crippen molar-refractivity contribution in [1.29, 1.82) is 0 Å². The zero-order valence-electron chi connectivity index (χ0n) is 16.6. The highest BCUT2D eigenvalue weighted by atomic mass is 35.5. The van der Waals surface area contributed by atoms with Crippen LogP contribution in [0.2, 0.25) is 28.2 Å². The van der Waals surface area contributed by atoms with Crippen LogP contribution in [0.4, 0.5) is 8.78 Å². The smallest absolute Gasteiger partial charge is 0.192 e. The molecule has 2 aromatic rings. The van der Waals surface area contributed by atoms with E-state index in [2.05, 4.69) is 25.8 Å². The highest BCUT2D eigenvalue weighted by molar-refractivity contribution is 6.73. The molecular formula is C21H27Cl2F2NOSi. The zero-order chi connectivity index (χ0) is 20.7. The fourth-order valence-corrected chi connectivity index (χ4v) is 6.95. The standard InChI is InChI=1S/C21H27Cl2F2NOSi/c1-4-28(5-2,6-3)27-20(21-17(22)13-26-14-18(21)23)9-7-8-15-12-16(24)10-11-19(15)25/h10-14,20H,4-9H2,1-3H3. The van der Waals surface area contributed by atoms with Gasteiger partial charge in [-0.2, -0.15) is 0 Å². The van der Waals surface area contributed by atoms with Crippen LogP contribution in [0.25, 0.3) is 0 Å². The van der Waals surface area contributed by atoms with Gasteiger partial charge >= 0.3 is 0 Å². The summed E-state index contributed by atoms with van der Waals surface area (Å²) < 4.78 is 34.1. The van der Waals surface area contributed by atoms with Gasteiger partial charge in [0.25, 0.3) is 0 Å². The molecule has 0 amide bonds. The maximum absolute atomic E-state index is 13.9. The maximum atomic E-state index is 13.9. The zero-order valence-corrected chi connectivity index (χ0v) is 19.1. The lowest BCUT2D eigenvalue weighted by atomic mass is 10.0. The molecular weight excluding hydrogens is 419 g/mol. The van der Waals surface area contributed by atoms with E-state index in [4.69, 9.17) is 27.6 Å². The first kappa shape index (κ1) is 23.3. The van der Waals surface area contributed by atoms with Gasteiger partial charge in [-0.3, -0.25) is 4.98 Å². The molecule has 0 radical (unpaired) electrons. The third-order valence-corrected chi connectivity index (χ3v) is 10.7. The number of aryl methyl sites for hydroxylation is 1. The fraction of sp³-hybridized carbons (Fsp3) is 0.476. The molecule has 2 nitrogen and oxygen atoms in total. The average molecular weight is 446 g/mol. The largest absolute Gasteiger partial charge is 0.410 e. The van der Waals surface area contributed by atoms with Gasteiger partial charge in [0.1, 0.15) is 11.6 Å². The van der Waals surface area contributed by atoms with Crippen LogP contribution in [-0.2, 0) is 10.8 Å². The van der Waals surface area contributed by atoms with Gasteiger partial charge < -0.3 is 4.43 Å². The van der Waals surface area contributed by atoms with Crippen LogP contribution in [0.15, 0.2) is 30.6 Å². The number of nitrogens with zero attached hydrogens (tertiary/aromatic N) is 1. The maximum Gasteiger partial charge on any atom is 0.192 e. The first-order chi connectivity index (χ1) is 13.4.